The van der Waals surface area contributed by atoms with Gasteiger partial charge in [0.1, 0.15) is 18.9 Å². The average Bonchev–Trinajstić information content (AvgIpc) is 3.21. The minimum Gasteiger partial charge on any atom is -0.443 e. The minimum absolute atomic E-state index is 0.218. The Morgan fingerprint density at radius 3 is 2.66 bits per heavy atom. The number of nitrogens with zero attached hydrogens (tertiary/aromatic N) is 4. The molecule has 1 aliphatic rings. The van der Waals surface area contributed by atoms with Gasteiger partial charge in [0, 0.05) is 23.4 Å². The standard InChI is InChI=1S/C21H19F3N4O4/c22-21(23,24)16-7-8-18(25-10-16)15-5-3-14(4-6-15)2-1-9-31-17-11-27-12-19(28(29)30)26-20(27)32-13-17/h3-8,10,12,17H,1-2,9,11,13H2/t17-/m0/s1. The molecule has 0 spiro atoms. The first-order chi connectivity index (χ1) is 15.3. The van der Waals surface area contributed by atoms with E-state index in [2.05, 4.69) is 9.97 Å². The van der Waals surface area contributed by atoms with Gasteiger partial charge in [-0.05, 0) is 35.5 Å². The van der Waals surface area contributed by atoms with Gasteiger partial charge in [0.2, 0.25) is 0 Å². The predicted octanol–water partition coefficient (Wildman–Crippen LogP) is 4.28. The molecule has 4 rings (SSSR count). The zero-order chi connectivity index (χ0) is 22.7. The van der Waals surface area contributed by atoms with Crippen LogP contribution in [0.3, 0.4) is 0 Å². The predicted molar refractivity (Wildman–Crippen MR) is 107 cm³/mol. The molecule has 0 unspecified atom stereocenters. The number of alkyl halides is 3. The number of rotatable bonds is 7. The van der Waals surface area contributed by atoms with Gasteiger partial charge in [-0.15, -0.1) is 0 Å². The zero-order valence-electron chi connectivity index (χ0n) is 16.8. The first-order valence-electron chi connectivity index (χ1n) is 9.88. The van der Waals surface area contributed by atoms with Crippen molar-refractivity contribution < 1.29 is 27.6 Å². The van der Waals surface area contributed by atoms with Crippen molar-refractivity contribution in [2.75, 3.05) is 13.2 Å². The highest BCUT2D eigenvalue weighted by Crippen LogP contribution is 2.30. The number of hydrogen-bond donors (Lipinski definition) is 0. The van der Waals surface area contributed by atoms with Gasteiger partial charge in [-0.2, -0.15) is 13.2 Å². The van der Waals surface area contributed by atoms with Crippen LogP contribution in [0.2, 0.25) is 0 Å². The molecule has 0 fully saturated rings. The molecular weight excluding hydrogens is 429 g/mol. The average molecular weight is 448 g/mol. The lowest BCUT2D eigenvalue weighted by atomic mass is 10.0. The van der Waals surface area contributed by atoms with E-state index < -0.39 is 16.7 Å². The largest absolute Gasteiger partial charge is 0.443 e. The fourth-order valence-electron chi connectivity index (χ4n) is 3.36. The number of ether oxygens (including phenoxy) is 2. The molecule has 1 aliphatic heterocycles. The van der Waals surface area contributed by atoms with Gasteiger partial charge in [-0.3, -0.25) is 9.55 Å². The fraction of sp³-hybridized carbons (Fsp3) is 0.333. The van der Waals surface area contributed by atoms with E-state index in [-0.39, 0.29) is 24.5 Å². The summed E-state index contributed by atoms with van der Waals surface area (Å²) < 4.78 is 50.8. The maximum atomic E-state index is 12.7. The van der Waals surface area contributed by atoms with E-state index >= 15 is 0 Å². The Bertz CT molecular complexity index is 1080. The van der Waals surface area contributed by atoms with Crippen LogP contribution >= 0.6 is 0 Å². The van der Waals surface area contributed by atoms with Crippen molar-refractivity contribution in [2.24, 2.45) is 0 Å². The van der Waals surface area contributed by atoms with E-state index in [4.69, 9.17) is 9.47 Å². The summed E-state index contributed by atoms with van der Waals surface area (Å²) >= 11 is 0. The molecule has 1 atom stereocenters. The van der Waals surface area contributed by atoms with Crippen LogP contribution in [0.25, 0.3) is 11.3 Å². The van der Waals surface area contributed by atoms with Gasteiger partial charge in [-0.25, -0.2) is 0 Å². The number of hydrogen-bond acceptors (Lipinski definition) is 6. The molecule has 0 bridgehead atoms. The second-order valence-electron chi connectivity index (χ2n) is 7.33. The first kappa shape index (κ1) is 21.8. The van der Waals surface area contributed by atoms with Crippen molar-refractivity contribution in [1.29, 1.82) is 0 Å². The van der Waals surface area contributed by atoms with Crippen molar-refractivity contribution >= 4 is 5.82 Å². The van der Waals surface area contributed by atoms with Crippen LogP contribution in [0, 0.1) is 10.1 Å². The molecule has 168 valence electrons. The Kier molecular flexibility index (Phi) is 6.08. The van der Waals surface area contributed by atoms with Crippen molar-refractivity contribution in [2.45, 2.75) is 31.7 Å². The molecule has 2 aromatic heterocycles. The molecule has 0 saturated carbocycles. The number of nitro groups is 1. The second kappa shape index (κ2) is 8.95. The molecular formula is C21H19F3N4O4. The van der Waals surface area contributed by atoms with E-state index in [1.165, 1.54) is 12.3 Å². The van der Waals surface area contributed by atoms with E-state index in [1.807, 2.05) is 24.3 Å². The molecule has 3 heterocycles. The molecule has 11 heteroatoms. The smallest absolute Gasteiger partial charge is 0.417 e. The Balaban J connectivity index is 1.24. The summed E-state index contributed by atoms with van der Waals surface area (Å²) in [6, 6.07) is 10.1. The number of pyridine rings is 1. The van der Waals surface area contributed by atoms with Gasteiger partial charge in [0.15, 0.2) is 0 Å². The van der Waals surface area contributed by atoms with E-state index in [9.17, 15) is 23.3 Å². The second-order valence-corrected chi connectivity index (χ2v) is 7.33. The third kappa shape index (κ3) is 5.05. The Hall–Kier alpha value is -3.47. The van der Waals surface area contributed by atoms with Crippen LogP contribution in [0.15, 0.2) is 48.8 Å². The molecule has 8 nitrogen and oxygen atoms in total. The molecule has 0 aliphatic carbocycles. The van der Waals surface area contributed by atoms with Crippen LogP contribution in [-0.4, -0.2) is 38.8 Å². The number of benzene rings is 1. The van der Waals surface area contributed by atoms with Crippen LogP contribution in [0.1, 0.15) is 17.5 Å². The normalized spacial score (nSPS) is 15.8. The van der Waals surface area contributed by atoms with E-state index in [0.29, 0.717) is 18.8 Å². The van der Waals surface area contributed by atoms with Crippen LogP contribution < -0.4 is 4.74 Å². The van der Waals surface area contributed by atoms with Crippen molar-refractivity contribution in [1.82, 2.24) is 14.5 Å². The van der Waals surface area contributed by atoms with Crippen LogP contribution in [0.5, 0.6) is 6.01 Å². The summed E-state index contributed by atoms with van der Waals surface area (Å²) in [6.45, 7) is 1.20. The van der Waals surface area contributed by atoms with Crippen molar-refractivity contribution in [3.8, 4) is 17.3 Å². The fourth-order valence-corrected chi connectivity index (χ4v) is 3.36. The summed E-state index contributed by atoms with van der Waals surface area (Å²) in [4.78, 5) is 17.9. The summed E-state index contributed by atoms with van der Waals surface area (Å²) in [5.41, 5.74) is 1.51. The number of fused-ring (bicyclic) bond motifs is 1. The molecule has 0 saturated heterocycles. The third-order valence-corrected chi connectivity index (χ3v) is 5.02. The highest BCUT2D eigenvalue weighted by Gasteiger charge is 2.30. The molecule has 3 aromatic rings. The summed E-state index contributed by atoms with van der Waals surface area (Å²) in [7, 11) is 0. The number of halogens is 3. The van der Waals surface area contributed by atoms with Gasteiger partial charge in [0.25, 0.3) is 0 Å². The number of aryl methyl sites for hydroxylation is 1. The Labute approximate surface area is 180 Å². The lowest BCUT2D eigenvalue weighted by Crippen LogP contribution is -2.32. The Morgan fingerprint density at radius 2 is 2.00 bits per heavy atom. The highest BCUT2D eigenvalue weighted by molar-refractivity contribution is 5.59. The molecule has 0 N–H and O–H groups in total. The SMILES string of the molecule is O=[N+]([O-])c1cn2c(n1)OC[C@@H](OCCCc1ccc(-c3ccc(C(F)(F)F)cn3)cc1)C2. The molecule has 32 heavy (non-hydrogen) atoms. The zero-order valence-corrected chi connectivity index (χ0v) is 16.8. The summed E-state index contributed by atoms with van der Waals surface area (Å²) in [5.74, 6) is -0.254. The van der Waals surface area contributed by atoms with Gasteiger partial charge < -0.3 is 19.6 Å². The van der Waals surface area contributed by atoms with Crippen LogP contribution in [-0.2, 0) is 23.9 Å². The lowest BCUT2D eigenvalue weighted by Gasteiger charge is -2.22. The third-order valence-electron chi connectivity index (χ3n) is 5.02. The number of imidazole rings is 1. The quantitative estimate of drug-likeness (QED) is 0.304. The van der Waals surface area contributed by atoms with Gasteiger partial charge in [-0.1, -0.05) is 24.3 Å². The van der Waals surface area contributed by atoms with Gasteiger partial charge in [0.05, 0.1) is 17.8 Å². The first-order valence-corrected chi connectivity index (χ1v) is 9.88. The Morgan fingerprint density at radius 1 is 1.22 bits per heavy atom. The minimum atomic E-state index is -4.40. The summed E-state index contributed by atoms with van der Waals surface area (Å²) in [5, 5.41) is 10.8. The van der Waals surface area contributed by atoms with Crippen molar-refractivity contribution in [3.05, 3.63) is 70.0 Å². The molecule has 0 amide bonds. The van der Waals surface area contributed by atoms with E-state index in [0.717, 1.165) is 36.2 Å². The highest BCUT2D eigenvalue weighted by atomic mass is 19.4. The van der Waals surface area contributed by atoms with Crippen molar-refractivity contribution in [3.63, 3.8) is 0 Å². The number of aromatic nitrogens is 3. The van der Waals surface area contributed by atoms with Gasteiger partial charge >= 0.3 is 18.0 Å². The lowest BCUT2D eigenvalue weighted by molar-refractivity contribution is -0.389. The van der Waals surface area contributed by atoms with E-state index in [1.54, 1.807) is 4.57 Å². The van der Waals surface area contributed by atoms with Crippen LogP contribution in [0.4, 0.5) is 19.0 Å². The molecule has 0 radical (unpaired) electrons. The monoisotopic (exact) mass is 448 g/mol. The maximum absolute atomic E-state index is 12.7. The topological polar surface area (TPSA) is 92.3 Å². The summed E-state index contributed by atoms with van der Waals surface area (Å²) in [6.07, 6.45) is -0.940. The maximum Gasteiger partial charge on any atom is 0.417 e. The molecule has 1 aromatic carbocycles.